The molecule has 1 N–H and O–H groups in total. The summed E-state index contributed by atoms with van der Waals surface area (Å²) in [5, 5.41) is 2.54. The summed E-state index contributed by atoms with van der Waals surface area (Å²) in [6.07, 6.45) is 2.27. The fourth-order valence-corrected chi connectivity index (χ4v) is 2.74. The standard InChI is InChI=1S/C22H18N2O7/c1-2-30-21(28)14-6-8-16(9-7-14)23-18(25)13-31-22(29)15-4-3-5-17(12-15)24-19(26)10-11-20(24)27/h3-12H,2,13H2,1H3,(H,23,25). The van der Waals surface area contributed by atoms with Crippen LogP contribution in [-0.4, -0.2) is 42.9 Å². The maximum absolute atomic E-state index is 12.3. The Bertz CT molecular complexity index is 1060. The molecular weight excluding hydrogens is 404 g/mol. The minimum Gasteiger partial charge on any atom is -0.462 e. The third-order valence-electron chi connectivity index (χ3n) is 4.16. The first kappa shape index (κ1) is 21.4. The van der Waals surface area contributed by atoms with E-state index in [1.165, 1.54) is 48.5 Å². The van der Waals surface area contributed by atoms with Gasteiger partial charge in [-0.15, -0.1) is 0 Å². The number of carbonyl (C=O) groups is 5. The highest BCUT2D eigenvalue weighted by molar-refractivity contribution is 6.28. The van der Waals surface area contributed by atoms with E-state index in [-0.39, 0.29) is 17.9 Å². The van der Waals surface area contributed by atoms with Gasteiger partial charge >= 0.3 is 11.9 Å². The molecule has 0 saturated heterocycles. The van der Waals surface area contributed by atoms with Crippen LogP contribution in [0.25, 0.3) is 0 Å². The van der Waals surface area contributed by atoms with E-state index in [2.05, 4.69) is 5.32 Å². The number of rotatable bonds is 7. The van der Waals surface area contributed by atoms with Gasteiger partial charge in [-0.3, -0.25) is 14.4 Å². The topological polar surface area (TPSA) is 119 Å². The van der Waals surface area contributed by atoms with Gasteiger partial charge in [0.2, 0.25) is 0 Å². The normalized spacial score (nSPS) is 12.6. The Labute approximate surface area is 177 Å². The van der Waals surface area contributed by atoms with E-state index in [0.717, 1.165) is 17.1 Å². The first-order valence-corrected chi connectivity index (χ1v) is 9.29. The molecule has 0 bridgehead atoms. The first-order valence-electron chi connectivity index (χ1n) is 9.29. The minimum atomic E-state index is -0.790. The molecule has 9 nitrogen and oxygen atoms in total. The van der Waals surface area contributed by atoms with Crippen LogP contribution in [0.5, 0.6) is 0 Å². The van der Waals surface area contributed by atoms with Gasteiger partial charge in [-0.05, 0) is 49.4 Å². The number of ether oxygens (including phenoxy) is 2. The third-order valence-corrected chi connectivity index (χ3v) is 4.16. The van der Waals surface area contributed by atoms with Crippen LogP contribution in [0.3, 0.4) is 0 Å². The molecule has 2 aromatic carbocycles. The number of benzene rings is 2. The Kier molecular flexibility index (Phi) is 6.56. The van der Waals surface area contributed by atoms with Crippen LogP contribution in [-0.2, 0) is 23.9 Å². The molecule has 0 radical (unpaired) electrons. The van der Waals surface area contributed by atoms with Crippen molar-refractivity contribution in [3.63, 3.8) is 0 Å². The van der Waals surface area contributed by atoms with Gasteiger partial charge in [-0.25, -0.2) is 14.5 Å². The average Bonchev–Trinajstić information content (AvgIpc) is 3.10. The van der Waals surface area contributed by atoms with E-state index in [9.17, 15) is 24.0 Å². The molecule has 9 heteroatoms. The zero-order valence-corrected chi connectivity index (χ0v) is 16.5. The second-order valence-corrected chi connectivity index (χ2v) is 6.32. The number of hydrogen-bond acceptors (Lipinski definition) is 7. The highest BCUT2D eigenvalue weighted by Crippen LogP contribution is 2.20. The van der Waals surface area contributed by atoms with Gasteiger partial charge < -0.3 is 14.8 Å². The summed E-state index contributed by atoms with van der Waals surface area (Å²) in [7, 11) is 0. The van der Waals surface area contributed by atoms with E-state index in [4.69, 9.17) is 9.47 Å². The number of carbonyl (C=O) groups excluding carboxylic acids is 5. The third kappa shape index (κ3) is 5.21. The van der Waals surface area contributed by atoms with Gasteiger partial charge in [0.25, 0.3) is 17.7 Å². The van der Waals surface area contributed by atoms with E-state index < -0.39 is 36.3 Å². The molecule has 0 fully saturated rings. The Hall–Kier alpha value is -4.27. The lowest BCUT2D eigenvalue weighted by Crippen LogP contribution is -2.29. The van der Waals surface area contributed by atoms with Gasteiger partial charge in [0.1, 0.15) is 0 Å². The number of nitrogens with one attached hydrogen (secondary N) is 1. The molecule has 0 aliphatic carbocycles. The SMILES string of the molecule is CCOC(=O)c1ccc(NC(=O)COC(=O)c2cccc(N3C(=O)C=CC3=O)c2)cc1. The molecule has 3 amide bonds. The van der Waals surface area contributed by atoms with Crippen molar-refractivity contribution in [1.82, 2.24) is 0 Å². The van der Waals surface area contributed by atoms with Crippen LogP contribution < -0.4 is 10.2 Å². The molecule has 0 spiro atoms. The van der Waals surface area contributed by atoms with E-state index in [0.29, 0.717) is 11.3 Å². The van der Waals surface area contributed by atoms with Gasteiger partial charge in [-0.1, -0.05) is 6.07 Å². The van der Waals surface area contributed by atoms with Crippen LogP contribution in [0.1, 0.15) is 27.6 Å². The van der Waals surface area contributed by atoms with E-state index in [1.807, 2.05) is 0 Å². The molecule has 31 heavy (non-hydrogen) atoms. The van der Waals surface area contributed by atoms with Crippen molar-refractivity contribution < 1.29 is 33.4 Å². The van der Waals surface area contributed by atoms with Crippen LogP contribution in [0.2, 0.25) is 0 Å². The van der Waals surface area contributed by atoms with Crippen LogP contribution in [0.4, 0.5) is 11.4 Å². The Morgan fingerprint density at radius 3 is 2.16 bits per heavy atom. The number of nitrogens with zero attached hydrogens (tertiary/aromatic N) is 1. The quantitative estimate of drug-likeness (QED) is 0.536. The molecule has 0 atom stereocenters. The van der Waals surface area contributed by atoms with Crippen molar-refractivity contribution in [1.29, 1.82) is 0 Å². The summed E-state index contributed by atoms with van der Waals surface area (Å²) in [5.74, 6) is -2.86. The number of hydrogen-bond donors (Lipinski definition) is 1. The van der Waals surface area contributed by atoms with Crippen molar-refractivity contribution in [2.24, 2.45) is 0 Å². The largest absolute Gasteiger partial charge is 0.462 e. The molecule has 2 aromatic rings. The van der Waals surface area contributed by atoms with Gasteiger partial charge in [0.15, 0.2) is 6.61 Å². The first-order chi connectivity index (χ1) is 14.9. The highest BCUT2D eigenvalue weighted by Gasteiger charge is 2.25. The Balaban J connectivity index is 1.55. The van der Waals surface area contributed by atoms with Crippen molar-refractivity contribution in [2.75, 3.05) is 23.4 Å². The fourth-order valence-electron chi connectivity index (χ4n) is 2.74. The molecule has 1 aliphatic heterocycles. The maximum Gasteiger partial charge on any atom is 0.338 e. The van der Waals surface area contributed by atoms with Crippen LogP contribution >= 0.6 is 0 Å². The number of amides is 3. The zero-order chi connectivity index (χ0) is 22.4. The Morgan fingerprint density at radius 1 is 0.871 bits per heavy atom. The van der Waals surface area contributed by atoms with Crippen LogP contribution in [0, 0.1) is 0 Å². The molecule has 0 aromatic heterocycles. The van der Waals surface area contributed by atoms with Gasteiger partial charge in [0.05, 0.1) is 23.4 Å². The van der Waals surface area contributed by atoms with Gasteiger partial charge in [0, 0.05) is 17.8 Å². The minimum absolute atomic E-state index is 0.0802. The average molecular weight is 422 g/mol. The maximum atomic E-state index is 12.3. The molecule has 0 unspecified atom stereocenters. The number of imide groups is 1. The van der Waals surface area contributed by atoms with E-state index in [1.54, 1.807) is 6.92 Å². The molecule has 1 heterocycles. The van der Waals surface area contributed by atoms with Crippen LogP contribution in [0.15, 0.2) is 60.7 Å². The summed E-state index contributed by atoms with van der Waals surface area (Å²) in [6.45, 7) is 1.41. The molecule has 3 rings (SSSR count). The highest BCUT2D eigenvalue weighted by atomic mass is 16.5. The van der Waals surface area contributed by atoms with Crippen molar-refractivity contribution in [3.8, 4) is 0 Å². The number of esters is 2. The number of anilines is 2. The smallest absolute Gasteiger partial charge is 0.338 e. The van der Waals surface area contributed by atoms with E-state index >= 15 is 0 Å². The second kappa shape index (κ2) is 9.49. The second-order valence-electron chi connectivity index (χ2n) is 6.32. The lowest BCUT2D eigenvalue weighted by Gasteiger charge is -2.14. The summed E-state index contributed by atoms with van der Waals surface area (Å²) < 4.78 is 9.88. The van der Waals surface area contributed by atoms with Gasteiger partial charge in [-0.2, -0.15) is 0 Å². The predicted octanol–water partition coefficient (Wildman–Crippen LogP) is 2.09. The van der Waals surface area contributed by atoms with Crippen molar-refractivity contribution in [3.05, 3.63) is 71.8 Å². The summed E-state index contributed by atoms with van der Waals surface area (Å²) in [5.41, 5.74) is 1.06. The monoisotopic (exact) mass is 422 g/mol. The summed E-state index contributed by atoms with van der Waals surface area (Å²) >= 11 is 0. The predicted molar refractivity (Wildman–Crippen MR) is 109 cm³/mol. The zero-order valence-electron chi connectivity index (χ0n) is 16.5. The summed E-state index contributed by atoms with van der Waals surface area (Å²) in [4.78, 5) is 60.4. The molecule has 0 saturated carbocycles. The lowest BCUT2D eigenvalue weighted by molar-refractivity contribution is -0.120. The lowest BCUT2D eigenvalue weighted by atomic mass is 10.2. The molecule has 158 valence electrons. The summed E-state index contributed by atoms with van der Waals surface area (Å²) in [6, 6.07) is 11.8. The fraction of sp³-hybridized carbons (Fsp3) is 0.136. The molecule has 1 aliphatic rings. The van der Waals surface area contributed by atoms with Crippen molar-refractivity contribution in [2.45, 2.75) is 6.92 Å². The Morgan fingerprint density at radius 2 is 1.52 bits per heavy atom. The van der Waals surface area contributed by atoms with Crippen molar-refractivity contribution >= 4 is 41.0 Å². The molecular formula is C22H18N2O7.